The number of anilines is 1. The zero-order valence-corrected chi connectivity index (χ0v) is 15.0. The van der Waals surface area contributed by atoms with Crippen molar-refractivity contribution in [3.05, 3.63) is 53.9 Å². The van der Waals surface area contributed by atoms with Crippen LogP contribution in [0, 0.1) is 5.92 Å². The summed E-state index contributed by atoms with van der Waals surface area (Å²) in [6.07, 6.45) is 0.512. The van der Waals surface area contributed by atoms with E-state index >= 15 is 0 Å². The predicted octanol–water partition coefficient (Wildman–Crippen LogP) is 5.17. The van der Waals surface area contributed by atoms with E-state index in [1.54, 1.807) is 12.1 Å². The first-order valence-electron chi connectivity index (χ1n) is 8.17. The van der Waals surface area contributed by atoms with Gasteiger partial charge in [0.15, 0.2) is 0 Å². The molecule has 0 saturated carbocycles. The number of carbonyl (C=O) groups is 1. The Morgan fingerprint density at radius 3 is 2.56 bits per heavy atom. The molecule has 5 heteroatoms. The molecular weight excluding hydrogens is 332 g/mol. The average molecular weight is 352 g/mol. The second kappa shape index (κ2) is 7.49. The number of hydrogen-bond acceptors (Lipinski definition) is 4. The van der Waals surface area contributed by atoms with E-state index in [0.717, 1.165) is 27.5 Å². The van der Waals surface area contributed by atoms with Crippen LogP contribution in [0.1, 0.15) is 20.3 Å². The van der Waals surface area contributed by atoms with Gasteiger partial charge in [0.25, 0.3) is 0 Å². The van der Waals surface area contributed by atoms with Crippen molar-refractivity contribution in [3.63, 3.8) is 0 Å². The third kappa shape index (κ3) is 4.25. The van der Waals surface area contributed by atoms with E-state index in [0.29, 0.717) is 12.3 Å². The standard InChI is InChI=1S/C20H20N2O2S/c1-13(2)11-19(24)21-15-9-7-14(8-10-15)17-12-25-20(22-17)16-5-3-4-6-18(16)23/h3-10,12-13,23H,11H2,1-2H3,(H,21,24). The monoisotopic (exact) mass is 352 g/mol. The number of thiazole rings is 1. The summed E-state index contributed by atoms with van der Waals surface area (Å²) in [5.74, 6) is 0.590. The molecule has 0 aliphatic rings. The fourth-order valence-electron chi connectivity index (χ4n) is 2.49. The maximum Gasteiger partial charge on any atom is 0.224 e. The van der Waals surface area contributed by atoms with Crippen LogP contribution in [0.25, 0.3) is 21.8 Å². The lowest BCUT2D eigenvalue weighted by Gasteiger charge is -2.07. The molecule has 2 N–H and O–H groups in total. The molecule has 0 unspecified atom stereocenters. The lowest BCUT2D eigenvalue weighted by Crippen LogP contribution is -2.13. The summed E-state index contributed by atoms with van der Waals surface area (Å²) in [5.41, 5.74) is 3.34. The van der Waals surface area contributed by atoms with Crippen molar-refractivity contribution in [2.45, 2.75) is 20.3 Å². The molecule has 2 aromatic carbocycles. The number of aromatic hydroxyl groups is 1. The summed E-state index contributed by atoms with van der Waals surface area (Å²) in [7, 11) is 0. The highest BCUT2D eigenvalue weighted by Gasteiger charge is 2.10. The van der Waals surface area contributed by atoms with Gasteiger partial charge < -0.3 is 10.4 Å². The Hall–Kier alpha value is -2.66. The second-order valence-electron chi connectivity index (χ2n) is 6.28. The van der Waals surface area contributed by atoms with Crippen LogP contribution in [-0.4, -0.2) is 16.0 Å². The SMILES string of the molecule is CC(C)CC(=O)Nc1ccc(-c2csc(-c3ccccc3O)n2)cc1. The number of benzene rings is 2. The highest BCUT2D eigenvalue weighted by Crippen LogP contribution is 2.34. The van der Waals surface area contributed by atoms with E-state index in [2.05, 4.69) is 10.3 Å². The van der Waals surface area contributed by atoms with E-state index < -0.39 is 0 Å². The zero-order chi connectivity index (χ0) is 17.8. The molecule has 0 bridgehead atoms. The van der Waals surface area contributed by atoms with Gasteiger partial charge in [0.2, 0.25) is 5.91 Å². The minimum Gasteiger partial charge on any atom is -0.507 e. The summed E-state index contributed by atoms with van der Waals surface area (Å²) in [6.45, 7) is 4.04. The summed E-state index contributed by atoms with van der Waals surface area (Å²) < 4.78 is 0. The van der Waals surface area contributed by atoms with Gasteiger partial charge in [-0.15, -0.1) is 11.3 Å². The van der Waals surface area contributed by atoms with Crippen LogP contribution in [0.4, 0.5) is 5.69 Å². The van der Waals surface area contributed by atoms with Crippen LogP contribution < -0.4 is 5.32 Å². The van der Waals surface area contributed by atoms with Gasteiger partial charge in [-0.1, -0.05) is 38.1 Å². The fourth-order valence-corrected chi connectivity index (χ4v) is 3.35. The van der Waals surface area contributed by atoms with E-state index in [-0.39, 0.29) is 11.7 Å². The van der Waals surface area contributed by atoms with Gasteiger partial charge in [0, 0.05) is 23.1 Å². The molecule has 3 rings (SSSR count). The summed E-state index contributed by atoms with van der Waals surface area (Å²) in [5, 5.41) is 15.6. The van der Waals surface area contributed by atoms with Crippen LogP contribution in [-0.2, 0) is 4.79 Å². The molecule has 4 nitrogen and oxygen atoms in total. The third-order valence-corrected chi connectivity index (χ3v) is 4.57. The minimum atomic E-state index is 0.0262. The predicted molar refractivity (Wildman–Crippen MR) is 103 cm³/mol. The number of nitrogens with zero attached hydrogens (tertiary/aromatic N) is 1. The number of para-hydroxylation sites is 1. The lowest BCUT2D eigenvalue weighted by atomic mass is 10.1. The van der Waals surface area contributed by atoms with Gasteiger partial charge in [-0.2, -0.15) is 0 Å². The molecule has 0 aliphatic heterocycles. The van der Waals surface area contributed by atoms with E-state index in [4.69, 9.17) is 0 Å². The summed E-state index contributed by atoms with van der Waals surface area (Å²) in [6, 6.07) is 14.8. The van der Waals surface area contributed by atoms with Gasteiger partial charge in [-0.25, -0.2) is 4.98 Å². The zero-order valence-electron chi connectivity index (χ0n) is 14.2. The van der Waals surface area contributed by atoms with E-state index in [1.807, 2.05) is 55.6 Å². The number of phenolic OH excluding ortho intramolecular Hbond substituents is 1. The van der Waals surface area contributed by atoms with E-state index in [9.17, 15) is 9.90 Å². The lowest BCUT2D eigenvalue weighted by molar-refractivity contribution is -0.116. The topological polar surface area (TPSA) is 62.2 Å². The molecule has 0 spiro atoms. The molecule has 1 heterocycles. The highest BCUT2D eigenvalue weighted by molar-refractivity contribution is 7.13. The Bertz CT molecular complexity index is 869. The Balaban J connectivity index is 1.75. The van der Waals surface area contributed by atoms with E-state index in [1.165, 1.54) is 11.3 Å². The van der Waals surface area contributed by atoms with Crippen molar-refractivity contribution in [1.29, 1.82) is 0 Å². The number of nitrogens with one attached hydrogen (secondary N) is 1. The van der Waals surface area contributed by atoms with Gasteiger partial charge in [-0.05, 0) is 30.2 Å². The first-order valence-corrected chi connectivity index (χ1v) is 9.05. The van der Waals surface area contributed by atoms with Crippen LogP contribution in [0.2, 0.25) is 0 Å². The van der Waals surface area contributed by atoms with Crippen LogP contribution in [0.5, 0.6) is 5.75 Å². The number of amides is 1. The number of rotatable bonds is 5. The second-order valence-corrected chi connectivity index (χ2v) is 7.14. The Morgan fingerprint density at radius 2 is 1.88 bits per heavy atom. The number of carbonyl (C=O) groups excluding carboxylic acids is 1. The molecule has 0 fully saturated rings. The largest absolute Gasteiger partial charge is 0.507 e. The van der Waals surface area contributed by atoms with Crippen molar-refractivity contribution in [2.75, 3.05) is 5.32 Å². The van der Waals surface area contributed by atoms with Gasteiger partial charge in [0.1, 0.15) is 10.8 Å². The number of hydrogen-bond donors (Lipinski definition) is 2. The maximum atomic E-state index is 11.8. The highest BCUT2D eigenvalue weighted by atomic mass is 32.1. The van der Waals surface area contributed by atoms with Crippen LogP contribution in [0.15, 0.2) is 53.9 Å². The van der Waals surface area contributed by atoms with Crippen molar-refractivity contribution in [2.24, 2.45) is 5.92 Å². The smallest absolute Gasteiger partial charge is 0.224 e. The quantitative estimate of drug-likeness (QED) is 0.666. The third-order valence-electron chi connectivity index (χ3n) is 3.70. The number of aromatic nitrogens is 1. The molecule has 0 radical (unpaired) electrons. The normalized spacial score (nSPS) is 10.8. The van der Waals surface area contributed by atoms with Crippen molar-refractivity contribution >= 4 is 22.9 Å². The molecule has 1 amide bonds. The van der Waals surface area contributed by atoms with Crippen molar-refractivity contribution < 1.29 is 9.90 Å². The Kier molecular flexibility index (Phi) is 5.14. The minimum absolute atomic E-state index is 0.0262. The molecule has 128 valence electrons. The number of phenols is 1. The van der Waals surface area contributed by atoms with Gasteiger partial charge >= 0.3 is 0 Å². The molecule has 0 aliphatic carbocycles. The van der Waals surface area contributed by atoms with Gasteiger partial charge in [0.05, 0.1) is 11.3 Å². The summed E-state index contributed by atoms with van der Waals surface area (Å²) >= 11 is 1.49. The Labute approximate surface area is 151 Å². The Morgan fingerprint density at radius 1 is 1.16 bits per heavy atom. The fraction of sp³-hybridized carbons (Fsp3) is 0.200. The average Bonchev–Trinajstić information content (AvgIpc) is 3.05. The first-order chi connectivity index (χ1) is 12.0. The molecule has 0 saturated heterocycles. The molecule has 25 heavy (non-hydrogen) atoms. The molecule has 1 aromatic heterocycles. The van der Waals surface area contributed by atoms with Gasteiger partial charge in [-0.3, -0.25) is 4.79 Å². The van der Waals surface area contributed by atoms with Crippen molar-refractivity contribution in [3.8, 4) is 27.6 Å². The van der Waals surface area contributed by atoms with Crippen LogP contribution >= 0.6 is 11.3 Å². The molecular formula is C20H20N2O2S. The maximum absolute atomic E-state index is 11.8. The first kappa shape index (κ1) is 17.2. The molecule has 3 aromatic rings. The van der Waals surface area contributed by atoms with Crippen LogP contribution in [0.3, 0.4) is 0 Å². The summed E-state index contributed by atoms with van der Waals surface area (Å²) in [4.78, 5) is 16.4. The van der Waals surface area contributed by atoms with Crippen molar-refractivity contribution in [1.82, 2.24) is 4.98 Å². The molecule has 0 atom stereocenters.